The molecule has 0 bridgehead atoms. The van der Waals surface area contributed by atoms with Crippen molar-refractivity contribution in [3.8, 4) is 0 Å². The summed E-state index contributed by atoms with van der Waals surface area (Å²) in [6.07, 6.45) is 0. The zero-order valence-electron chi connectivity index (χ0n) is 10.3. The molecule has 0 N–H and O–H groups in total. The molecule has 0 saturated heterocycles. The molecule has 0 aliphatic rings. The molecule has 0 spiro atoms. The topological polar surface area (TPSA) is 68.3 Å². The second kappa shape index (κ2) is 7.47. The van der Waals surface area contributed by atoms with Crippen molar-refractivity contribution in [1.82, 2.24) is 0 Å². The Hall–Kier alpha value is -0.790. The summed E-state index contributed by atoms with van der Waals surface area (Å²) in [6.45, 7) is 0. The minimum absolute atomic E-state index is 0.0589. The summed E-state index contributed by atoms with van der Waals surface area (Å²) in [7, 11) is 2.93. The Morgan fingerprint density at radius 1 is 0.619 bits per heavy atom. The minimum Gasteiger partial charge on any atom is -0.207 e. The van der Waals surface area contributed by atoms with Gasteiger partial charge >= 0.3 is 0 Å². The predicted octanol–water partition coefficient (Wildman–Crippen LogP) is 3.88. The highest BCUT2D eigenvalue weighted by atomic mass is 35.7. The Kier molecular flexibility index (Phi) is 6.49. The summed E-state index contributed by atoms with van der Waals surface area (Å²) in [5.74, 6) is 0. The van der Waals surface area contributed by atoms with Crippen LogP contribution in [-0.4, -0.2) is 16.8 Å². The molecule has 0 aliphatic heterocycles. The van der Waals surface area contributed by atoms with Crippen LogP contribution in [0.2, 0.25) is 5.02 Å². The second-order valence-corrected chi connectivity index (χ2v) is 9.21. The van der Waals surface area contributed by atoms with Crippen molar-refractivity contribution in [2.75, 3.05) is 0 Å². The molecule has 0 heterocycles. The summed E-state index contributed by atoms with van der Waals surface area (Å²) in [5.41, 5.74) is 0. The Labute approximate surface area is 137 Å². The van der Waals surface area contributed by atoms with Gasteiger partial charge in [0.25, 0.3) is 18.1 Å². The molecule has 0 aromatic heterocycles. The van der Waals surface area contributed by atoms with Gasteiger partial charge in [0, 0.05) is 26.4 Å². The fourth-order valence-corrected chi connectivity index (χ4v) is 2.87. The lowest BCUT2D eigenvalue weighted by atomic mass is 10.4. The number of hydrogen-bond acceptors (Lipinski definition) is 4. The van der Waals surface area contributed by atoms with Crippen LogP contribution in [0.3, 0.4) is 0 Å². The average Bonchev–Trinajstić information content (AvgIpc) is 2.39. The molecule has 0 atom stereocenters. The monoisotopic (exact) mass is 386 g/mol. The lowest BCUT2D eigenvalue weighted by Gasteiger charge is -1.93. The second-order valence-electron chi connectivity index (χ2n) is 3.64. The SMILES string of the molecule is O=S(=O)(Cl)c1ccc(Cl)cc1.O=S(=O)(Cl)c1ccccc1. The molecule has 2 aromatic rings. The fraction of sp³-hybridized carbons (Fsp3) is 0. The molecule has 114 valence electrons. The molecule has 2 aromatic carbocycles. The van der Waals surface area contributed by atoms with Gasteiger partial charge in [-0.15, -0.1) is 0 Å². The van der Waals surface area contributed by atoms with Crippen LogP contribution in [0.25, 0.3) is 0 Å². The van der Waals surface area contributed by atoms with E-state index in [2.05, 4.69) is 0 Å². The summed E-state index contributed by atoms with van der Waals surface area (Å²) < 4.78 is 42.5. The zero-order valence-corrected chi connectivity index (χ0v) is 14.2. The van der Waals surface area contributed by atoms with Crippen molar-refractivity contribution >= 4 is 51.1 Å². The highest BCUT2D eigenvalue weighted by Gasteiger charge is 2.08. The van der Waals surface area contributed by atoms with E-state index in [1.165, 1.54) is 36.4 Å². The van der Waals surface area contributed by atoms with Gasteiger partial charge in [-0.05, 0) is 36.4 Å². The molecular weight excluding hydrogens is 379 g/mol. The molecule has 0 radical (unpaired) electrons. The third-order valence-electron chi connectivity index (χ3n) is 2.12. The molecule has 21 heavy (non-hydrogen) atoms. The number of benzene rings is 2. The van der Waals surface area contributed by atoms with Gasteiger partial charge in [-0.1, -0.05) is 29.8 Å². The third kappa shape index (κ3) is 6.67. The predicted molar refractivity (Wildman–Crippen MR) is 84.0 cm³/mol. The highest BCUT2D eigenvalue weighted by Crippen LogP contribution is 2.17. The first kappa shape index (κ1) is 18.3. The first-order valence-electron chi connectivity index (χ1n) is 5.30. The first-order valence-corrected chi connectivity index (χ1v) is 10.3. The van der Waals surface area contributed by atoms with Crippen LogP contribution in [0.4, 0.5) is 0 Å². The van der Waals surface area contributed by atoms with Crippen molar-refractivity contribution in [2.45, 2.75) is 9.79 Å². The third-order valence-corrected chi connectivity index (χ3v) is 5.11. The standard InChI is InChI=1S/C6H4Cl2O2S.C6H5ClO2S/c7-5-1-3-6(4-2-5)11(8,9)10;7-10(8,9)6-4-2-1-3-5-6/h1-4H;1-5H. The van der Waals surface area contributed by atoms with E-state index in [9.17, 15) is 16.8 Å². The molecule has 0 aliphatic carbocycles. The van der Waals surface area contributed by atoms with Crippen LogP contribution in [0, 0.1) is 0 Å². The van der Waals surface area contributed by atoms with E-state index in [1.807, 2.05) is 0 Å². The normalized spacial score (nSPS) is 11.4. The smallest absolute Gasteiger partial charge is 0.207 e. The van der Waals surface area contributed by atoms with Crippen molar-refractivity contribution in [2.24, 2.45) is 0 Å². The first-order chi connectivity index (χ1) is 9.60. The average molecular weight is 388 g/mol. The van der Waals surface area contributed by atoms with Gasteiger partial charge in [0.2, 0.25) is 0 Å². The van der Waals surface area contributed by atoms with Crippen LogP contribution >= 0.6 is 33.0 Å². The summed E-state index contributed by atoms with van der Waals surface area (Å²) in [4.78, 5) is 0.195. The van der Waals surface area contributed by atoms with E-state index in [4.69, 9.17) is 33.0 Å². The number of rotatable bonds is 2. The maximum Gasteiger partial charge on any atom is 0.261 e. The molecule has 0 fully saturated rings. The summed E-state index contributed by atoms with van der Waals surface area (Å²) >= 11 is 5.52. The molecule has 4 nitrogen and oxygen atoms in total. The van der Waals surface area contributed by atoms with Crippen LogP contribution in [0.1, 0.15) is 0 Å². The Balaban J connectivity index is 0.000000211. The van der Waals surface area contributed by atoms with Gasteiger partial charge in [-0.3, -0.25) is 0 Å². The minimum atomic E-state index is -3.61. The van der Waals surface area contributed by atoms with E-state index in [1.54, 1.807) is 18.2 Å². The molecule has 0 amide bonds. The van der Waals surface area contributed by atoms with Crippen LogP contribution in [0.5, 0.6) is 0 Å². The molecular formula is C12H9Cl3O4S2. The van der Waals surface area contributed by atoms with Gasteiger partial charge in [-0.2, -0.15) is 0 Å². The molecule has 2 rings (SSSR count). The maximum atomic E-state index is 10.7. The van der Waals surface area contributed by atoms with Crippen molar-refractivity contribution in [3.63, 3.8) is 0 Å². The van der Waals surface area contributed by atoms with E-state index in [0.717, 1.165) is 0 Å². The fourth-order valence-electron chi connectivity index (χ4n) is 1.18. The van der Waals surface area contributed by atoms with E-state index >= 15 is 0 Å². The van der Waals surface area contributed by atoms with E-state index in [-0.39, 0.29) is 9.79 Å². The zero-order chi connectivity index (χ0) is 16.1. The molecule has 0 saturated carbocycles. The summed E-state index contributed by atoms with van der Waals surface area (Å²) in [6, 6.07) is 13.5. The van der Waals surface area contributed by atoms with Crippen LogP contribution in [-0.2, 0) is 18.1 Å². The van der Waals surface area contributed by atoms with Gasteiger partial charge in [-0.25, -0.2) is 16.8 Å². The lowest BCUT2D eigenvalue weighted by molar-refractivity contribution is 0.608. The Morgan fingerprint density at radius 3 is 1.33 bits per heavy atom. The van der Waals surface area contributed by atoms with Crippen LogP contribution < -0.4 is 0 Å². The van der Waals surface area contributed by atoms with Crippen molar-refractivity contribution in [1.29, 1.82) is 0 Å². The Bertz CT molecular complexity index is 786. The highest BCUT2D eigenvalue weighted by molar-refractivity contribution is 8.14. The number of hydrogen-bond donors (Lipinski definition) is 0. The molecule has 9 heteroatoms. The van der Waals surface area contributed by atoms with Crippen LogP contribution in [0.15, 0.2) is 64.4 Å². The largest absolute Gasteiger partial charge is 0.261 e. The lowest BCUT2D eigenvalue weighted by Crippen LogP contribution is -1.88. The van der Waals surface area contributed by atoms with Crippen molar-refractivity contribution < 1.29 is 16.8 Å². The number of halogens is 3. The van der Waals surface area contributed by atoms with Gasteiger partial charge < -0.3 is 0 Å². The summed E-state index contributed by atoms with van der Waals surface area (Å²) in [5, 5.41) is 0.481. The van der Waals surface area contributed by atoms with Gasteiger partial charge in [0.15, 0.2) is 0 Å². The van der Waals surface area contributed by atoms with E-state index < -0.39 is 18.1 Å². The quantitative estimate of drug-likeness (QED) is 0.733. The van der Waals surface area contributed by atoms with Crippen molar-refractivity contribution in [3.05, 3.63) is 59.6 Å². The van der Waals surface area contributed by atoms with Gasteiger partial charge in [0.05, 0.1) is 9.79 Å². The van der Waals surface area contributed by atoms with Gasteiger partial charge in [0.1, 0.15) is 0 Å². The maximum absolute atomic E-state index is 10.7. The molecule has 0 unspecified atom stereocenters. The van der Waals surface area contributed by atoms with E-state index in [0.29, 0.717) is 5.02 Å². The Morgan fingerprint density at radius 2 is 1.00 bits per heavy atom.